The second kappa shape index (κ2) is 4.32. The predicted molar refractivity (Wildman–Crippen MR) is 57.1 cm³/mol. The van der Waals surface area contributed by atoms with E-state index in [-0.39, 0.29) is 0 Å². The smallest absolute Gasteiger partial charge is 0.279 e. The normalized spacial score (nSPS) is 28.8. The Kier molecular flexibility index (Phi) is 3.06. The van der Waals surface area contributed by atoms with Crippen LogP contribution in [0.5, 0.6) is 0 Å². The summed E-state index contributed by atoms with van der Waals surface area (Å²) in [6, 6.07) is 0.330. The number of nitrogens with one attached hydrogen (secondary N) is 1. The van der Waals surface area contributed by atoms with E-state index < -0.39 is 10.0 Å². The zero-order valence-electron chi connectivity index (χ0n) is 8.35. The van der Waals surface area contributed by atoms with Crippen molar-refractivity contribution in [2.45, 2.75) is 25.3 Å². The van der Waals surface area contributed by atoms with Crippen LogP contribution in [-0.4, -0.2) is 33.8 Å². The van der Waals surface area contributed by atoms with Gasteiger partial charge in [-0.2, -0.15) is 12.8 Å². The molecule has 0 spiro atoms. The lowest BCUT2D eigenvalue weighted by atomic mass is 10.1. The molecule has 1 unspecified atom stereocenters. The fraction of sp³-hybridized carbons (Fsp3) is 0.667. The minimum atomic E-state index is -3.39. The first kappa shape index (κ1) is 10.6. The summed E-state index contributed by atoms with van der Waals surface area (Å²) >= 11 is 0. The molecule has 0 aliphatic carbocycles. The Balaban J connectivity index is 1.81. The van der Waals surface area contributed by atoms with Gasteiger partial charge in [0.15, 0.2) is 5.76 Å². The van der Waals surface area contributed by atoms with Gasteiger partial charge in [0, 0.05) is 6.04 Å². The summed E-state index contributed by atoms with van der Waals surface area (Å²) in [5, 5.41) is 4.37. The largest absolute Gasteiger partial charge is 0.490 e. The van der Waals surface area contributed by atoms with Crippen LogP contribution >= 0.6 is 0 Å². The zero-order chi connectivity index (χ0) is 10.7. The van der Waals surface area contributed by atoms with Crippen LogP contribution in [0, 0.1) is 0 Å². The molecular formula is C9H14N2O3S. The summed E-state index contributed by atoms with van der Waals surface area (Å²) < 4.78 is 30.5. The molecule has 6 heteroatoms. The Labute approximate surface area is 89.3 Å². The molecule has 1 saturated heterocycles. The lowest BCUT2D eigenvalue weighted by Crippen LogP contribution is -2.37. The Morgan fingerprint density at radius 3 is 3.00 bits per heavy atom. The van der Waals surface area contributed by atoms with E-state index in [9.17, 15) is 8.42 Å². The van der Waals surface area contributed by atoms with Crippen molar-refractivity contribution in [3.05, 3.63) is 11.2 Å². The van der Waals surface area contributed by atoms with E-state index in [1.165, 1.54) is 19.1 Å². The number of hydrogen-bond donors (Lipinski definition) is 1. The van der Waals surface area contributed by atoms with Crippen molar-refractivity contribution in [3.8, 4) is 0 Å². The number of ether oxygens (including phenoxy) is 1. The van der Waals surface area contributed by atoms with E-state index in [1.807, 2.05) is 0 Å². The molecule has 2 rings (SSSR count). The maximum absolute atomic E-state index is 10.9. The average molecular weight is 230 g/mol. The van der Waals surface area contributed by atoms with Gasteiger partial charge < -0.3 is 10.1 Å². The Bertz CT molecular complexity index is 380. The summed E-state index contributed by atoms with van der Waals surface area (Å²) in [5.41, 5.74) is 0. The van der Waals surface area contributed by atoms with Gasteiger partial charge in [-0.3, -0.25) is 0 Å². The Hall–Kier alpha value is -0.880. The molecule has 1 atom stereocenters. The number of hydrogen-bond acceptors (Lipinski definition) is 4. The summed E-state index contributed by atoms with van der Waals surface area (Å²) in [5.74, 6) is 0.336. The predicted octanol–water partition coefficient (Wildman–Crippen LogP) is 0.401. The summed E-state index contributed by atoms with van der Waals surface area (Å²) in [6.07, 6.45) is 4.73. The fourth-order valence-electron chi connectivity index (χ4n) is 1.67. The molecule has 1 N–H and O–H groups in total. The quantitative estimate of drug-likeness (QED) is 0.762. The molecule has 5 nitrogen and oxygen atoms in total. The molecule has 0 amide bonds. The van der Waals surface area contributed by atoms with E-state index in [1.54, 1.807) is 0 Å². The molecule has 2 aliphatic rings. The molecule has 0 bridgehead atoms. The summed E-state index contributed by atoms with van der Waals surface area (Å²) in [4.78, 5) is 0. The molecule has 1 fully saturated rings. The van der Waals surface area contributed by atoms with Crippen LogP contribution in [0.1, 0.15) is 19.3 Å². The lowest BCUT2D eigenvalue weighted by molar-refractivity contribution is 0.180. The van der Waals surface area contributed by atoms with Crippen LogP contribution in [0.15, 0.2) is 15.6 Å². The minimum absolute atomic E-state index is 0.330. The number of rotatable bonds is 3. The van der Waals surface area contributed by atoms with Crippen molar-refractivity contribution >= 4 is 16.2 Å². The highest BCUT2D eigenvalue weighted by Crippen LogP contribution is 2.12. The molecule has 0 saturated carbocycles. The topological polar surface area (TPSA) is 67.8 Å². The van der Waals surface area contributed by atoms with Crippen LogP contribution in [-0.2, 0) is 14.8 Å². The van der Waals surface area contributed by atoms with Crippen molar-refractivity contribution in [2.75, 3.05) is 13.2 Å². The summed E-state index contributed by atoms with van der Waals surface area (Å²) in [7, 11) is -3.39. The van der Waals surface area contributed by atoms with E-state index in [4.69, 9.17) is 4.74 Å². The highest BCUT2D eigenvalue weighted by Gasteiger charge is 2.17. The van der Waals surface area contributed by atoms with E-state index in [0.717, 1.165) is 18.4 Å². The first-order valence-corrected chi connectivity index (χ1v) is 6.54. The number of sulfonamides is 1. The zero-order valence-corrected chi connectivity index (χ0v) is 9.16. The van der Waals surface area contributed by atoms with Gasteiger partial charge in [-0.05, 0) is 19.4 Å². The fourth-order valence-corrected chi connectivity index (χ4v) is 2.40. The highest BCUT2D eigenvalue weighted by molar-refractivity contribution is 7.93. The molecule has 2 aliphatic heterocycles. The molecule has 84 valence electrons. The van der Waals surface area contributed by atoms with Crippen LogP contribution in [0.25, 0.3) is 0 Å². The van der Waals surface area contributed by atoms with Crippen molar-refractivity contribution in [1.29, 1.82) is 0 Å². The summed E-state index contributed by atoms with van der Waals surface area (Å²) in [6.45, 7) is 1.52. The number of allylic oxidation sites excluding steroid dienone is 1. The molecule has 0 aromatic carbocycles. The standard InChI is InChI=1S/C9H14N2O3S/c12-15(13)7-9(5-11-15)14-6-8-3-1-2-4-10-8/h5,7-8,10H,1-4,6H2. The first-order valence-electron chi connectivity index (χ1n) is 5.04. The molecule has 2 heterocycles. The third-order valence-electron chi connectivity index (χ3n) is 2.46. The molecule has 15 heavy (non-hydrogen) atoms. The second-order valence-electron chi connectivity index (χ2n) is 3.73. The van der Waals surface area contributed by atoms with Gasteiger partial charge in [-0.25, -0.2) is 0 Å². The third kappa shape index (κ3) is 3.04. The molecular weight excluding hydrogens is 216 g/mol. The van der Waals surface area contributed by atoms with Gasteiger partial charge in [0.1, 0.15) is 6.61 Å². The van der Waals surface area contributed by atoms with Gasteiger partial charge in [-0.15, -0.1) is 0 Å². The average Bonchev–Trinajstić information content (AvgIpc) is 2.57. The van der Waals surface area contributed by atoms with Gasteiger partial charge in [0.2, 0.25) is 0 Å². The van der Waals surface area contributed by atoms with Crippen LogP contribution in [0.2, 0.25) is 0 Å². The van der Waals surface area contributed by atoms with Gasteiger partial charge in [0.25, 0.3) is 10.0 Å². The van der Waals surface area contributed by atoms with Crippen LogP contribution in [0.3, 0.4) is 0 Å². The molecule has 0 radical (unpaired) electrons. The van der Waals surface area contributed by atoms with Crippen molar-refractivity contribution in [2.24, 2.45) is 4.40 Å². The highest BCUT2D eigenvalue weighted by atomic mass is 32.2. The van der Waals surface area contributed by atoms with E-state index >= 15 is 0 Å². The van der Waals surface area contributed by atoms with Gasteiger partial charge in [0.05, 0.1) is 11.6 Å². The van der Waals surface area contributed by atoms with E-state index in [0.29, 0.717) is 18.4 Å². The maximum atomic E-state index is 10.9. The van der Waals surface area contributed by atoms with Crippen molar-refractivity contribution < 1.29 is 13.2 Å². The van der Waals surface area contributed by atoms with Crippen molar-refractivity contribution in [3.63, 3.8) is 0 Å². The minimum Gasteiger partial charge on any atom is -0.490 e. The second-order valence-corrected chi connectivity index (χ2v) is 5.20. The van der Waals surface area contributed by atoms with Crippen LogP contribution < -0.4 is 5.32 Å². The monoisotopic (exact) mass is 230 g/mol. The Morgan fingerprint density at radius 2 is 2.40 bits per heavy atom. The van der Waals surface area contributed by atoms with Crippen molar-refractivity contribution in [1.82, 2.24) is 5.32 Å². The lowest BCUT2D eigenvalue weighted by Gasteiger charge is -2.23. The third-order valence-corrected chi connectivity index (χ3v) is 3.38. The Morgan fingerprint density at radius 1 is 1.53 bits per heavy atom. The first-order chi connectivity index (χ1) is 7.16. The number of piperidine rings is 1. The van der Waals surface area contributed by atoms with Gasteiger partial charge >= 0.3 is 0 Å². The molecule has 0 aromatic heterocycles. The van der Waals surface area contributed by atoms with Crippen LogP contribution in [0.4, 0.5) is 0 Å². The number of nitrogens with zero attached hydrogens (tertiary/aromatic N) is 1. The molecule has 0 aromatic rings. The van der Waals surface area contributed by atoms with Gasteiger partial charge in [-0.1, -0.05) is 6.42 Å². The maximum Gasteiger partial charge on any atom is 0.279 e. The SMILES string of the molecule is O=S1(=O)C=C(OCC2CCCCN2)C=N1. The van der Waals surface area contributed by atoms with E-state index in [2.05, 4.69) is 9.71 Å².